The molecule has 2 aromatic carbocycles. The Labute approximate surface area is 123 Å². The summed E-state index contributed by atoms with van der Waals surface area (Å²) in [7, 11) is 0. The van der Waals surface area contributed by atoms with E-state index in [1.165, 1.54) is 17.7 Å². The van der Waals surface area contributed by atoms with E-state index < -0.39 is 6.10 Å². The van der Waals surface area contributed by atoms with Gasteiger partial charge < -0.3 is 5.11 Å². The molecule has 3 atom stereocenters. The van der Waals surface area contributed by atoms with Crippen LogP contribution in [0.15, 0.2) is 48.5 Å². The van der Waals surface area contributed by atoms with Crippen molar-refractivity contribution in [3.05, 3.63) is 70.5 Å². The Hall–Kier alpha value is -1.38. The highest BCUT2D eigenvalue weighted by molar-refractivity contribution is 6.31. The second-order valence-electron chi connectivity index (χ2n) is 5.42. The highest BCUT2D eigenvalue weighted by Gasteiger charge is 2.43. The molecule has 0 aliphatic heterocycles. The summed E-state index contributed by atoms with van der Waals surface area (Å²) in [5, 5.41) is 10.7. The molecule has 3 unspecified atom stereocenters. The van der Waals surface area contributed by atoms with E-state index in [4.69, 9.17) is 11.6 Å². The number of rotatable bonds is 4. The zero-order valence-electron chi connectivity index (χ0n) is 11.0. The first kappa shape index (κ1) is 13.6. The third-order valence-corrected chi connectivity index (χ3v) is 4.36. The van der Waals surface area contributed by atoms with Crippen molar-refractivity contribution in [2.24, 2.45) is 5.92 Å². The van der Waals surface area contributed by atoms with Gasteiger partial charge >= 0.3 is 0 Å². The lowest BCUT2D eigenvalue weighted by atomic mass is 10.0. The summed E-state index contributed by atoms with van der Waals surface area (Å²) in [6, 6.07) is 14.6. The van der Waals surface area contributed by atoms with Gasteiger partial charge in [0.1, 0.15) is 5.82 Å². The standard InChI is InChI=1S/C17H16ClFO/c18-16-9-13(19)7-6-12(16)8-17(20)15-10-14(15)11-4-2-1-3-5-11/h1-7,9,14-15,17,20H,8,10H2. The van der Waals surface area contributed by atoms with Gasteiger partial charge in [-0.1, -0.05) is 48.0 Å². The average molecular weight is 291 g/mol. The van der Waals surface area contributed by atoms with Gasteiger partial charge in [0.2, 0.25) is 0 Å². The van der Waals surface area contributed by atoms with Gasteiger partial charge in [0.25, 0.3) is 0 Å². The van der Waals surface area contributed by atoms with E-state index in [1.807, 2.05) is 18.2 Å². The molecule has 104 valence electrons. The quantitative estimate of drug-likeness (QED) is 0.895. The fraction of sp³-hybridized carbons (Fsp3) is 0.294. The maximum absolute atomic E-state index is 13.0. The van der Waals surface area contributed by atoms with Gasteiger partial charge in [-0.05, 0) is 41.5 Å². The van der Waals surface area contributed by atoms with Crippen molar-refractivity contribution in [2.45, 2.75) is 24.9 Å². The van der Waals surface area contributed by atoms with Crippen LogP contribution in [0.5, 0.6) is 0 Å². The predicted octanol–water partition coefficient (Wildman–Crippen LogP) is 4.19. The summed E-state index contributed by atoms with van der Waals surface area (Å²) in [5.41, 5.74) is 2.08. The first-order chi connectivity index (χ1) is 9.65. The topological polar surface area (TPSA) is 20.2 Å². The zero-order chi connectivity index (χ0) is 14.1. The van der Waals surface area contributed by atoms with Crippen LogP contribution in [-0.4, -0.2) is 11.2 Å². The Morgan fingerprint density at radius 1 is 1.20 bits per heavy atom. The molecule has 0 aromatic heterocycles. The first-order valence-corrected chi connectivity index (χ1v) is 7.20. The van der Waals surface area contributed by atoms with E-state index >= 15 is 0 Å². The van der Waals surface area contributed by atoms with Crippen LogP contribution in [0.4, 0.5) is 4.39 Å². The van der Waals surface area contributed by atoms with Gasteiger partial charge in [0.15, 0.2) is 0 Å². The second-order valence-corrected chi connectivity index (χ2v) is 5.83. The molecule has 2 aromatic rings. The third-order valence-electron chi connectivity index (χ3n) is 4.01. The van der Waals surface area contributed by atoms with Gasteiger partial charge in [0, 0.05) is 11.4 Å². The lowest BCUT2D eigenvalue weighted by molar-refractivity contribution is 0.149. The maximum Gasteiger partial charge on any atom is 0.124 e. The van der Waals surface area contributed by atoms with Crippen molar-refractivity contribution < 1.29 is 9.50 Å². The molecule has 20 heavy (non-hydrogen) atoms. The van der Waals surface area contributed by atoms with Gasteiger partial charge in [-0.2, -0.15) is 0 Å². The number of halogens is 2. The van der Waals surface area contributed by atoms with Crippen LogP contribution in [-0.2, 0) is 6.42 Å². The Morgan fingerprint density at radius 2 is 1.95 bits per heavy atom. The number of aliphatic hydroxyl groups is 1. The molecule has 1 saturated carbocycles. The average Bonchev–Trinajstić information content (AvgIpc) is 3.23. The molecule has 0 amide bonds. The van der Waals surface area contributed by atoms with Crippen LogP contribution >= 0.6 is 11.6 Å². The minimum absolute atomic E-state index is 0.276. The van der Waals surface area contributed by atoms with Crippen molar-refractivity contribution in [1.29, 1.82) is 0 Å². The molecular formula is C17H16ClFO. The summed E-state index contributed by atoms with van der Waals surface area (Å²) < 4.78 is 13.0. The van der Waals surface area contributed by atoms with Crippen molar-refractivity contribution >= 4 is 11.6 Å². The fourth-order valence-electron chi connectivity index (χ4n) is 2.79. The summed E-state index contributed by atoms with van der Waals surface area (Å²) in [5.74, 6) is 0.366. The Kier molecular flexibility index (Phi) is 3.77. The van der Waals surface area contributed by atoms with Crippen LogP contribution in [0.2, 0.25) is 5.02 Å². The monoisotopic (exact) mass is 290 g/mol. The number of hydrogen-bond donors (Lipinski definition) is 1. The summed E-state index contributed by atoms with van der Waals surface area (Å²) in [6.07, 6.45) is 1.06. The van der Waals surface area contributed by atoms with E-state index in [2.05, 4.69) is 12.1 Å². The number of aliphatic hydroxyl groups excluding tert-OH is 1. The molecular weight excluding hydrogens is 275 g/mol. The van der Waals surface area contributed by atoms with Gasteiger partial charge in [-0.3, -0.25) is 0 Å². The van der Waals surface area contributed by atoms with Crippen molar-refractivity contribution in [1.82, 2.24) is 0 Å². The number of benzene rings is 2. The van der Waals surface area contributed by atoms with Crippen LogP contribution < -0.4 is 0 Å². The molecule has 1 fully saturated rings. The van der Waals surface area contributed by atoms with Gasteiger partial charge in [0.05, 0.1) is 6.10 Å². The van der Waals surface area contributed by atoms with Crippen molar-refractivity contribution in [2.75, 3.05) is 0 Å². The highest BCUT2D eigenvalue weighted by Crippen LogP contribution is 2.50. The lowest BCUT2D eigenvalue weighted by Crippen LogP contribution is -2.14. The SMILES string of the molecule is OC(Cc1ccc(F)cc1Cl)C1CC1c1ccccc1. The lowest BCUT2D eigenvalue weighted by Gasteiger charge is -2.12. The summed E-state index contributed by atoms with van der Waals surface area (Å²) in [4.78, 5) is 0. The summed E-state index contributed by atoms with van der Waals surface area (Å²) in [6.45, 7) is 0. The predicted molar refractivity (Wildman–Crippen MR) is 78.4 cm³/mol. The minimum Gasteiger partial charge on any atom is -0.392 e. The number of hydrogen-bond acceptors (Lipinski definition) is 1. The molecule has 0 bridgehead atoms. The molecule has 0 heterocycles. The van der Waals surface area contributed by atoms with Crippen molar-refractivity contribution in [3.8, 4) is 0 Å². The van der Waals surface area contributed by atoms with Crippen LogP contribution in [0.3, 0.4) is 0 Å². The molecule has 3 rings (SSSR count). The van der Waals surface area contributed by atoms with E-state index in [1.54, 1.807) is 6.07 Å². The molecule has 0 spiro atoms. The largest absolute Gasteiger partial charge is 0.392 e. The van der Waals surface area contributed by atoms with Crippen LogP contribution in [0.25, 0.3) is 0 Å². The van der Waals surface area contributed by atoms with Gasteiger partial charge in [-0.25, -0.2) is 4.39 Å². The van der Waals surface area contributed by atoms with Gasteiger partial charge in [-0.15, -0.1) is 0 Å². The molecule has 1 N–H and O–H groups in total. The third kappa shape index (κ3) is 2.87. The Balaban J connectivity index is 1.65. The highest BCUT2D eigenvalue weighted by atomic mass is 35.5. The zero-order valence-corrected chi connectivity index (χ0v) is 11.7. The molecule has 1 nitrogen and oxygen atoms in total. The fourth-order valence-corrected chi connectivity index (χ4v) is 3.03. The molecule has 1 aliphatic carbocycles. The van der Waals surface area contributed by atoms with E-state index in [-0.39, 0.29) is 11.7 Å². The molecule has 0 radical (unpaired) electrons. The first-order valence-electron chi connectivity index (χ1n) is 6.82. The molecule has 0 saturated heterocycles. The summed E-state index contributed by atoms with van der Waals surface area (Å²) >= 11 is 6.00. The molecule has 3 heteroatoms. The normalized spacial score (nSPS) is 22.6. The Morgan fingerprint density at radius 3 is 2.65 bits per heavy atom. The Bertz CT molecular complexity index is 599. The van der Waals surface area contributed by atoms with Crippen molar-refractivity contribution in [3.63, 3.8) is 0 Å². The minimum atomic E-state index is -0.428. The maximum atomic E-state index is 13.0. The van der Waals surface area contributed by atoms with Crippen LogP contribution in [0.1, 0.15) is 23.5 Å². The van der Waals surface area contributed by atoms with Crippen LogP contribution in [0, 0.1) is 11.7 Å². The smallest absolute Gasteiger partial charge is 0.124 e. The second kappa shape index (κ2) is 5.55. The molecule has 1 aliphatic rings. The van der Waals surface area contributed by atoms with E-state index in [9.17, 15) is 9.50 Å². The van der Waals surface area contributed by atoms with E-state index in [0.717, 1.165) is 12.0 Å². The van der Waals surface area contributed by atoms with E-state index in [0.29, 0.717) is 17.4 Å².